The Balaban J connectivity index is 1.32. The van der Waals surface area contributed by atoms with Gasteiger partial charge in [0, 0.05) is 6.42 Å². The first-order chi connectivity index (χ1) is 16.6. The van der Waals surface area contributed by atoms with E-state index >= 15 is 0 Å². The smallest absolute Gasteiger partial charge is 0.309 e. The maximum absolute atomic E-state index is 13.5. The van der Waals surface area contributed by atoms with Gasteiger partial charge in [0.25, 0.3) is 5.91 Å². The van der Waals surface area contributed by atoms with Crippen LogP contribution in [0.5, 0.6) is 11.5 Å². The number of benzene rings is 2. The number of hydrazone groups is 1. The molecule has 2 aromatic rings. The molecule has 0 N–H and O–H groups in total. The zero-order valence-electron chi connectivity index (χ0n) is 19.3. The normalized spacial score (nSPS) is 20.3. The number of likely N-dealkylation sites (tertiary alicyclic amines) is 1. The Labute approximate surface area is 199 Å². The van der Waals surface area contributed by atoms with E-state index in [2.05, 4.69) is 4.90 Å². The molecule has 0 aromatic heterocycles. The Morgan fingerprint density at radius 1 is 1.06 bits per heavy atom. The van der Waals surface area contributed by atoms with Crippen molar-refractivity contribution in [2.75, 3.05) is 33.0 Å². The number of piperidine rings is 1. The van der Waals surface area contributed by atoms with Crippen molar-refractivity contribution in [3.8, 4) is 11.5 Å². The minimum atomic E-state index is -0.214. The average molecular weight is 464 g/mol. The van der Waals surface area contributed by atoms with E-state index in [-0.39, 0.29) is 37.2 Å². The standard InChI is InChI=1S/C26H29N3O5/c1-2-32-26(31)19-10-12-28(13-11-19)16-25(30)29-22(15-21(27-29)18-6-4-3-5-7-18)20-8-9-23-24(14-20)34-17-33-23/h3-9,14,19,22H,2,10-13,15-17H2,1H3/t22-/m0/s1. The highest BCUT2D eigenvalue weighted by Crippen LogP contribution is 2.39. The molecule has 5 rings (SSSR count). The Kier molecular flexibility index (Phi) is 6.49. The summed E-state index contributed by atoms with van der Waals surface area (Å²) in [6, 6.07) is 15.6. The number of hydrogen-bond acceptors (Lipinski definition) is 7. The molecule has 3 aliphatic rings. The maximum Gasteiger partial charge on any atom is 0.309 e. The van der Waals surface area contributed by atoms with Crippen LogP contribution in [0.1, 0.15) is 43.4 Å². The van der Waals surface area contributed by atoms with Crippen molar-refractivity contribution in [2.45, 2.75) is 32.2 Å². The lowest BCUT2D eigenvalue weighted by Gasteiger charge is -2.32. The van der Waals surface area contributed by atoms with Gasteiger partial charge in [-0.2, -0.15) is 5.10 Å². The van der Waals surface area contributed by atoms with Crippen molar-refractivity contribution in [2.24, 2.45) is 11.0 Å². The van der Waals surface area contributed by atoms with Crippen LogP contribution in [-0.4, -0.2) is 60.5 Å². The molecule has 1 saturated heterocycles. The molecule has 0 unspecified atom stereocenters. The van der Waals surface area contributed by atoms with E-state index in [1.165, 1.54) is 0 Å². The Morgan fingerprint density at radius 3 is 2.59 bits per heavy atom. The number of amides is 1. The second-order valence-electron chi connectivity index (χ2n) is 8.79. The monoisotopic (exact) mass is 463 g/mol. The summed E-state index contributed by atoms with van der Waals surface area (Å²) in [5.74, 6) is 1.14. The molecule has 0 spiro atoms. The van der Waals surface area contributed by atoms with E-state index in [4.69, 9.17) is 19.3 Å². The van der Waals surface area contributed by atoms with Gasteiger partial charge in [-0.1, -0.05) is 36.4 Å². The van der Waals surface area contributed by atoms with Gasteiger partial charge >= 0.3 is 5.97 Å². The van der Waals surface area contributed by atoms with Gasteiger partial charge in [0.15, 0.2) is 11.5 Å². The van der Waals surface area contributed by atoms with Crippen molar-refractivity contribution in [1.29, 1.82) is 0 Å². The average Bonchev–Trinajstić information content (AvgIpc) is 3.52. The maximum atomic E-state index is 13.5. The number of carbonyl (C=O) groups is 2. The first kappa shape index (κ1) is 22.4. The molecule has 0 radical (unpaired) electrons. The van der Waals surface area contributed by atoms with Crippen LogP contribution in [0.25, 0.3) is 0 Å². The predicted molar refractivity (Wildman–Crippen MR) is 126 cm³/mol. The van der Waals surface area contributed by atoms with Crippen molar-refractivity contribution in [1.82, 2.24) is 9.91 Å². The van der Waals surface area contributed by atoms with Crippen LogP contribution in [0.15, 0.2) is 53.6 Å². The summed E-state index contributed by atoms with van der Waals surface area (Å²) >= 11 is 0. The van der Waals surface area contributed by atoms with Crippen LogP contribution >= 0.6 is 0 Å². The first-order valence-corrected chi connectivity index (χ1v) is 11.9. The third-order valence-electron chi connectivity index (χ3n) is 6.62. The molecule has 0 saturated carbocycles. The number of nitrogens with zero attached hydrogens (tertiary/aromatic N) is 3. The number of hydrogen-bond donors (Lipinski definition) is 0. The molecule has 3 heterocycles. The fraction of sp³-hybridized carbons (Fsp3) is 0.423. The molecule has 1 atom stereocenters. The Morgan fingerprint density at radius 2 is 1.82 bits per heavy atom. The van der Waals surface area contributed by atoms with E-state index in [0.29, 0.717) is 50.5 Å². The minimum Gasteiger partial charge on any atom is -0.466 e. The zero-order chi connectivity index (χ0) is 23.5. The van der Waals surface area contributed by atoms with Crippen LogP contribution in [0, 0.1) is 5.92 Å². The quantitative estimate of drug-likeness (QED) is 0.611. The Hall–Kier alpha value is -3.39. The molecule has 1 fully saturated rings. The van der Waals surface area contributed by atoms with E-state index in [1.54, 1.807) is 5.01 Å². The largest absolute Gasteiger partial charge is 0.466 e. The molecular formula is C26H29N3O5. The van der Waals surface area contributed by atoms with Crippen molar-refractivity contribution in [3.63, 3.8) is 0 Å². The molecule has 178 valence electrons. The fourth-order valence-electron chi connectivity index (χ4n) is 4.78. The van der Waals surface area contributed by atoms with Crippen LogP contribution < -0.4 is 9.47 Å². The lowest BCUT2D eigenvalue weighted by molar-refractivity contribution is -0.149. The first-order valence-electron chi connectivity index (χ1n) is 11.9. The SMILES string of the molecule is CCOC(=O)C1CCN(CC(=O)N2N=C(c3ccccc3)C[C@H]2c2ccc3c(c2)OCO3)CC1. The van der Waals surface area contributed by atoms with Gasteiger partial charge in [0.1, 0.15) is 0 Å². The van der Waals surface area contributed by atoms with Gasteiger partial charge in [0.05, 0.1) is 30.8 Å². The van der Waals surface area contributed by atoms with E-state index in [9.17, 15) is 9.59 Å². The van der Waals surface area contributed by atoms with Crippen LogP contribution in [0.2, 0.25) is 0 Å². The number of esters is 1. The van der Waals surface area contributed by atoms with Gasteiger partial charge in [-0.05, 0) is 56.1 Å². The molecule has 0 aliphatic carbocycles. The van der Waals surface area contributed by atoms with E-state index in [1.807, 2.05) is 55.5 Å². The summed E-state index contributed by atoms with van der Waals surface area (Å²) in [6.45, 7) is 4.07. The number of fused-ring (bicyclic) bond motifs is 1. The molecule has 2 aromatic carbocycles. The number of ether oxygens (including phenoxy) is 3. The van der Waals surface area contributed by atoms with Gasteiger partial charge in [0.2, 0.25) is 6.79 Å². The molecule has 3 aliphatic heterocycles. The molecule has 0 bridgehead atoms. The molecular weight excluding hydrogens is 434 g/mol. The lowest BCUT2D eigenvalue weighted by Crippen LogP contribution is -2.43. The van der Waals surface area contributed by atoms with Gasteiger partial charge in [-0.3, -0.25) is 14.5 Å². The summed E-state index contributed by atoms with van der Waals surface area (Å²) in [6.07, 6.45) is 2.03. The summed E-state index contributed by atoms with van der Waals surface area (Å²) in [5.41, 5.74) is 2.87. The third kappa shape index (κ3) is 4.63. The molecule has 1 amide bonds. The predicted octanol–water partition coefficient (Wildman–Crippen LogP) is 3.37. The number of carbonyl (C=O) groups excluding carboxylic acids is 2. The zero-order valence-corrected chi connectivity index (χ0v) is 19.3. The van der Waals surface area contributed by atoms with Crippen LogP contribution in [-0.2, 0) is 14.3 Å². The van der Waals surface area contributed by atoms with Crippen LogP contribution in [0.3, 0.4) is 0 Å². The number of rotatable bonds is 6. The highest BCUT2D eigenvalue weighted by Gasteiger charge is 2.35. The highest BCUT2D eigenvalue weighted by atomic mass is 16.7. The Bertz CT molecular complexity index is 1080. The van der Waals surface area contributed by atoms with Gasteiger partial charge in [-0.25, -0.2) is 5.01 Å². The molecule has 8 nitrogen and oxygen atoms in total. The third-order valence-corrected chi connectivity index (χ3v) is 6.62. The second-order valence-corrected chi connectivity index (χ2v) is 8.79. The molecule has 34 heavy (non-hydrogen) atoms. The van der Waals surface area contributed by atoms with Crippen molar-refractivity contribution >= 4 is 17.6 Å². The summed E-state index contributed by atoms with van der Waals surface area (Å²) in [5, 5.41) is 6.39. The topological polar surface area (TPSA) is 80.7 Å². The van der Waals surface area contributed by atoms with E-state index in [0.717, 1.165) is 16.8 Å². The second kappa shape index (κ2) is 9.85. The van der Waals surface area contributed by atoms with E-state index < -0.39 is 0 Å². The van der Waals surface area contributed by atoms with Gasteiger partial charge in [-0.15, -0.1) is 0 Å². The summed E-state index contributed by atoms with van der Waals surface area (Å²) in [4.78, 5) is 27.6. The summed E-state index contributed by atoms with van der Waals surface area (Å²) in [7, 11) is 0. The lowest BCUT2D eigenvalue weighted by atomic mass is 9.96. The van der Waals surface area contributed by atoms with Gasteiger partial charge < -0.3 is 14.2 Å². The fourth-order valence-corrected chi connectivity index (χ4v) is 4.78. The summed E-state index contributed by atoms with van der Waals surface area (Å²) < 4.78 is 16.2. The van der Waals surface area contributed by atoms with Crippen LogP contribution in [0.4, 0.5) is 0 Å². The van der Waals surface area contributed by atoms with Crippen molar-refractivity contribution in [3.05, 3.63) is 59.7 Å². The van der Waals surface area contributed by atoms with Crippen molar-refractivity contribution < 1.29 is 23.8 Å². The highest BCUT2D eigenvalue weighted by molar-refractivity contribution is 6.03. The minimum absolute atomic E-state index is 0.0526. The molecule has 8 heteroatoms.